The van der Waals surface area contributed by atoms with Crippen molar-refractivity contribution in [1.82, 2.24) is 15.0 Å². The van der Waals surface area contributed by atoms with Crippen LogP contribution in [0.4, 0.5) is 0 Å². The number of aromatic nitrogens is 3. The number of aromatic amines is 1. The first-order chi connectivity index (χ1) is 7.69. The summed E-state index contributed by atoms with van der Waals surface area (Å²) in [6.07, 6.45) is 5.33. The normalized spacial score (nSPS) is 11.9. The summed E-state index contributed by atoms with van der Waals surface area (Å²) in [6.45, 7) is 4.16. The first-order valence-corrected chi connectivity index (χ1v) is 6.32. The lowest BCUT2D eigenvalue weighted by Crippen LogP contribution is -2.36. The Labute approximate surface area is 98.9 Å². The van der Waals surface area contributed by atoms with Crippen LogP contribution >= 0.6 is 11.3 Å². The monoisotopic (exact) mass is 236 g/mol. The average molecular weight is 236 g/mol. The van der Waals surface area contributed by atoms with E-state index in [0.717, 1.165) is 29.4 Å². The van der Waals surface area contributed by atoms with Gasteiger partial charge in [0.05, 0.1) is 17.4 Å². The molecule has 5 heteroatoms. The van der Waals surface area contributed by atoms with E-state index in [1.165, 1.54) is 0 Å². The summed E-state index contributed by atoms with van der Waals surface area (Å²) in [5, 5.41) is 2.90. The van der Waals surface area contributed by atoms with Gasteiger partial charge >= 0.3 is 0 Å². The van der Waals surface area contributed by atoms with Gasteiger partial charge in [-0.1, -0.05) is 13.8 Å². The Morgan fingerprint density at radius 1 is 1.38 bits per heavy atom. The van der Waals surface area contributed by atoms with Gasteiger partial charge in [0.1, 0.15) is 10.8 Å². The first-order valence-electron chi connectivity index (χ1n) is 5.44. The Balaban J connectivity index is 2.33. The van der Waals surface area contributed by atoms with Crippen LogP contribution in [0.5, 0.6) is 0 Å². The maximum absolute atomic E-state index is 6.27. The van der Waals surface area contributed by atoms with E-state index >= 15 is 0 Å². The number of nitrogens with zero attached hydrogens (tertiary/aromatic N) is 2. The Kier molecular flexibility index (Phi) is 3.07. The van der Waals surface area contributed by atoms with Crippen LogP contribution in [0.25, 0.3) is 10.7 Å². The molecule has 0 atom stereocenters. The summed E-state index contributed by atoms with van der Waals surface area (Å²) in [7, 11) is 0. The topological polar surface area (TPSA) is 67.6 Å². The van der Waals surface area contributed by atoms with Crippen molar-refractivity contribution in [2.45, 2.75) is 32.2 Å². The van der Waals surface area contributed by atoms with Gasteiger partial charge in [-0.15, -0.1) is 11.3 Å². The van der Waals surface area contributed by atoms with E-state index < -0.39 is 0 Å². The van der Waals surface area contributed by atoms with Crippen molar-refractivity contribution in [1.29, 1.82) is 0 Å². The zero-order valence-electron chi connectivity index (χ0n) is 9.53. The van der Waals surface area contributed by atoms with Crippen LogP contribution in [0.1, 0.15) is 32.5 Å². The molecule has 0 fully saturated rings. The highest BCUT2D eigenvalue weighted by Gasteiger charge is 2.26. The molecule has 3 N–H and O–H groups in total. The molecule has 0 aliphatic heterocycles. The second kappa shape index (κ2) is 4.35. The molecule has 0 unspecified atom stereocenters. The average Bonchev–Trinajstić information content (AvgIpc) is 2.97. The van der Waals surface area contributed by atoms with Crippen LogP contribution in [0.15, 0.2) is 17.8 Å². The van der Waals surface area contributed by atoms with Crippen molar-refractivity contribution < 1.29 is 0 Å². The smallest absolute Gasteiger partial charge is 0.141 e. The third kappa shape index (κ3) is 1.88. The largest absolute Gasteiger partial charge is 0.338 e. The third-order valence-electron chi connectivity index (χ3n) is 2.97. The molecule has 0 saturated carbocycles. The molecule has 4 nitrogen and oxygen atoms in total. The highest BCUT2D eigenvalue weighted by molar-refractivity contribution is 7.13. The van der Waals surface area contributed by atoms with E-state index in [2.05, 4.69) is 28.8 Å². The molecule has 2 aromatic rings. The number of rotatable bonds is 4. The van der Waals surface area contributed by atoms with Gasteiger partial charge in [0.25, 0.3) is 0 Å². The number of nitrogens with two attached hydrogens (primary N) is 1. The fraction of sp³-hybridized carbons (Fsp3) is 0.455. The van der Waals surface area contributed by atoms with Gasteiger partial charge in [-0.3, -0.25) is 0 Å². The van der Waals surface area contributed by atoms with Crippen LogP contribution in [0, 0.1) is 0 Å². The Hall–Kier alpha value is -1.20. The van der Waals surface area contributed by atoms with Gasteiger partial charge in [0.2, 0.25) is 0 Å². The fourth-order valence-electron chi connectivity index (χ4n) is 1.62. The van der Waals surface area contributed by atoms with Crippen LogP contribution < -0.4 is 5.73 Å². The summed E-state index contributed by atoms with van der Waals surface area (Å²) in [6, 6.07) is 0. The number of nitrogens with one attached hydrogen (secondary N) is 1. The van der Waals surface area contributed by atoms with Gasteiger partial charge in [0, 0.05) is 11.6 Å². The SMILES string of the molecule is CCC(N)(CC)c1ncc(-c2nccs2)[nH]1. The second-order valence-corrected chi connectivity index (χ2v) is 4.74. The minimum absolute atomic E-state index is 0.352. The first kappa shape index (κ1) is 11.3. The fourth-order valence-corrected chi connectivity index (χ4v) is 2.23. The van der Waals surface area contributed by atoms with Crippen molar-refractivity contribution in [2.75, 3.05) is 0 Å². The van der Waals surface area contributed by atoms with Crippen molar-refractivity contribution >= 4 is 11.3 Å². The molecular formula is C11H16N4S. The molecule has 0 bridgehead atoms. The molecule has 0 aromatic carbocycles. The summed E-state index contributed by atoms with van der Waals surface area (Å²) >= 11 is 1.59. The lowest BCUT2D eigenvalue weighted by Gasteiger charge is -2.23. The molecule has 86 valence electrons. The lowest BCUT2D eigenvalue weighted by atomic mass is 9.93. The molecule has 2 rings (SSSR count). The molecule has 0 aliphatic rings. The van der Waals surface area contributed by atoms with Crippen molar-refractivity contribution in [2.24, 2.45) is 5.73 Å². The highest BCUT2D eigenvalue weighted by atomic mass is 32.1. The van der Waals surface area contributed by atoms with Crippen LogP contribution in [0.3, 0.4) is 0 Å². The maximum atomic E-state index is 6.27. The third-order valence-corrected chi connectivity index (χ3v) is 3.78. The van der Waals surface area contributed by atoms with E-state index in [4.69, 9.17) is 5.73 Å². The predicted molar refractivity (Wildman–Crippen MR) is 66.1 cm³/mol. The van der Waals surface area contributed by atoms with E-state index in [9.17, 15) is 0 Å². The molecule has 2 heterocycles. The standard InChI is InChI=1S/C11H16N4S/c1-3-11(12,4-2)10-14-7-8(15-10)9-13-5-6-16-9/h5-7H,3-4,12H2,1-2H3,(H,14,15). The van der Waals surface area contributed by atoms with Crippen molar-refractivity contribution in [3.8, 4) is 10.7 Å². The molecule has 16 heavy (non-hydrogen) atoms. The summed E-state index contributed by atoms with van der Waals surface area (Å²) in [5.41, 5.74) is 6.87. The molecule has 0 aliphatic carbocycles. The summed E-state index contributed by atoms with van der Waals surface area (Å²) < 4.78 is 0. The minimum atomic E-state index is -0.352. The Morgan fingerprint density at radius 3 is 2.69 bits per heavy atom. The quantitative estimate of drug-likeness (QED) is 0.857. The molecule has 2 aromatic heterocycles. The predicted octanol–water partition coefficient (Wildman–Crippen LogP) is 2.51. The van der Waals surface area contributed by atoms with Gasteiger partial charge in [0.15, 0.2) is 0 Å². The van der Waals surface area contributed by atoms with E-state index in [1.807, 2.05) is 5.38 Å². The van der Waals surface area contributed by atoms with Gasteiger partial charge in [-0.2, -0.15) is 0 Å². The number of thiazole rings is 1. The number of hydrogen-bond donors (Lipinski definition) is 2. The molecule has 0 spiro atoms. The summed E-state index contributed by atoms with van der Waals surface area (Å²) in [4.78, 5) is 11.9. The van der Waals surface area contributed by atoms with Crippen molar-refractivity contribution in [3.63, 3.8) is 0 Å². The lowest BCUT2D eigenvalue weighted by molar-refractivity contribution is 0.391. The Morgan fingerprint density at radius 2 is 2.12 bits per heavy atom. The summed E-state index contributed by atoms with van der Waals surface area (Å²) in [5.74, 6) is 0.850. The second-order valence-electron chi connectivity index (χ2n) is 3.85. The zero-order chi connectivity index (χ0) is 11.6. The highest BCUT2D eigenvalue weighted by Crippen LogP contribution is 2.26. The number of hydrogen-bond acceptors (Lipinski definition) is 4. The van der Waals surface area contributed by atoms with Gasteiger partial charge in [-0.05, 0) is 12.8 Å². The van der Waals surface area contributed by atoms with Gasteiger partial charge in [-0.25, -0.2) is 9.97 Å². The molecule has 0 radical (unpaired) electrons. The molecule has 0 amide bonds. The van der Waals surface area contributed by atoms with Crippen LogP contribution in [-0.2, 0) is 5.54 Å². The van der Waals surface area contributed by atoms with Crippen LogP contribution in [0.2, 0.25) is 0 Å². The van der Waals surface area contributed by atoms with E-state index in [0.29, 0.717) is 0 Å². The zero-order valence-corrected chi connectivity index (χ0v) is 10.3. The Bertz CT molecular complexity index is 442. The van der Waals surface area contributed by atoms with Gasteiger partial charge < -0.3 is 10.7 Å². The minimum Gasteiger partial charge on any atom is -0.338 e. The van der Waals surface area contributed by atoms with Crippen molar-refractivity contribution in [3.05, 3.63) is 23.6 Å². The van der Waals surface area contributed by atoms with Crippen LogP contribution in [-0.4, -0.2) is 15.0 Å². The van der Waals surface area contributed by atoms with E-state index in [1.54, 1.807) is 23.7 Å². The van der Waals surface area contributed by atoms with E-state index in [-0.39, 0.29) is 5.54 Å². The molecule has 0 saturated heterocycles. The maximum Gasteiger partial charge on any atom is 0.141 e. The molecular weight excluding hydrogens is 220 g/mol. The number of imidazole rings is 1. The number of H-pyrrole nitrogens is 1.